The van der Waals surface area contributed by atoms with E-state index in [0.717, 1.165) is 18.5 Å². The lowest BCUT2D eigenvalue weighted by Crippen LogP contribution is -2.32. The second-order valence-electron chi connectivity index (χ2n) is 6.20. The van der Waals surface area contributed by atoms with Gasteiger partial charge in [0.2, 0.25) is 0 Å². The molecule has 112 valence electrons. The minimum atomic E-state index is -0.871. The number of nitrogens with zero attached hydrogens (tertiary/aromatic N) is 1. The fourth-order valence-electron chi connectivity index (χ4n) is 2.25. The fourth-order valence-corrected chi connectivity index (χ4v) is 2.25. The Bertz CT molecular complexity index is 524. The van der Waals surface area contributed by atoms with Gasteiger partial charge in [-0.3, -0.25) is 9.59 Å². The van der Waals surface area contributed by atoms with Gasteiger partial charge in [-0.25, -0.2) is 0 Å². The van der Waals surface area contributed by atoms with Crippen LogP contribution in [-0.2, 0) is 23.2 Å². The van der Waals surface area contributed by atoms with Crippen LogP contribution in [0.25, 0.3) is 0 Å². The molecule has 0 unspecified atom stereocenters. The first-order valence-corrected chi connectivity index (χ1v) is 7.22. The standard InChI is InChI=1S/C16H25NO3/c1-5-6-11-17-13(16(2,3)4)9-7-12(15(17)20)8-10-14(18)19/h7,9H,5-6,8,10-11H2,1-4H3,(H,18,19). The zero-order chi connectivity index (χ0) is 15.3. The average molecular weight is 279 g/mol. The molecule has 1 aromatic rings. The summed E-state index contributed by atoms with van der Waals surface area (Å²) >= 11 is 0. The quantitative estimate of drug-likeness (QED) is 0.871. The minimum Gasteiger partial charge on any atom is -0.481 e. The first kappa shape index (κ1) is 16.5. The lowest BCUT2D eigenvalue weighted by atomic mass is 9.90. The molecule has 0 aliphatic rings. The maximum atomic E-state index is 12.5. The number of hydrogen-bond donors (Lipinski definition) is 1. The van der Waals surface area contributed by atoms with Crippen LogP contribution in [0.3, 0.4) is 0 Å². The van der Waals surface area contributed by atoms with Crippen molar-refractivity contribution in [3.05, 3.63) is 33.7 Å². The highest BCUT2D eigenvalue weighted by Crippen LogP contribution is 2.21. The van der Waals surface area contributed by atoms with Gasteiger partial charge in [0.15, 0.2) is 0 Å². The van der Waals surface area contributed by atoms with Crippen LogP contribution in [0.15, 0.2) is 16.9 Å². The highest BCUT2D eigenvalue weighted by Gasteiger charge is 2.20. The summed E-state index contributed by atoms with van der Waals surface area (Å²) in [6.07, 6.45) is 2.27. The average Bonchev–Trinajstić information content (AvgIpc) is 2.34. The second kappa shape index (κ2) is 6.73. The van der Waals surface area contributed by atoms with Gasteiger partial charge in [0.1, 0.15) is 0 Å². The summed E-state index contributed by atoms with van der Waals surface area (Å²) in [5, 5.41) is 8.75. The van der Waals surface area contributed by atoms with E-state index in [9.17, 15) is 9.59 Å². The highest BCUT2D eigenvalue weighted by atomic mass is 16.4. The predicted octanol–water partition coefficient (Wildman–Crippen LogP) is 2.96. The molecule has 1 N–H and O–H groups in total. The van der Waals surface area contributed by atoms with Crippen molar-refractivity contribution in [2.24, 2.45) is 0 Å². The molecule has 0 spiro atoms. The fraction of sp³-hybridized carbons (Fsp3) is 0.625. The molecule has 0 amide bonds. The Morgan fingerprint density at radius 3 is 2.45 bits per heavy atom. The van der Waals surface area contributed by atoms with Crippen LogP contribution in [0.1, 0.15) is 58.2 Å². The Morgan fingerprint density at radius 1 is 1.30 bits per heavy atom. The van der Waals surface area contributed by atoms with Crippen molar-refractivity contribution in [3.8, 4) is 0 Å². The molecular formula is C16H25NO3. The molecule has 20 heavy (non-hydrogen) atoms. The SMILES string of the molecule is CCCCn1c(C(C)(C)C)ccc(CCC(=O)O)c1=O. The van der Waals surface area contributed by atoms with Gasteiger partial charge in [0.25, 0.3) is 5.56 Å². The summed E-state index contributed by atoms with van der Waals surface area (Å²) in [7, 11) is 0. The van der Waals surface area contributed by atoms with E-state index in [1.807, 2.05) is 10.6 Å². The third-order valence-corrected chi connectivity index (χ3v) is 3.36. The number of aryl methyl sites for hydroxylation is 1. The molecule has 0 saturated heterocycles. The molecule has 0 aromatic carbocycles. The van der Waals surface area contributed by atoms with E-state index in [1.54, 1.807) is 6.07 Å². The van der Waals surface area contributed by atoms with E-state index in [4.69, 9.17) is 5.11 Å². The topological polar surface area (TPSA) is 59.3 Å². The predicted molar refractivity (Wildman–Crippen MR) is 80.3 cm³/mol. The molecular weight excluding hydrogens is 254 g/mol. The van der Waals surface area contributed by atoms with Gasteiger partial charge in [-0.2, -0.15) is 0 Å². The van der Waals surface area contributed by atoms with Crippen molar-refractivity contribution in [1.82, 2.24) is 4.57 Å². The van der Waals surface area contributed by atoms with Crippen LogP contribution in [0.5, 0.6) is 0 Å². The van der Waals surface area contributed by atoms with Crippen LogP contribution in [0, 0.1) is 0 Å². The Labute approximate surface area is 120 Å². The molecule has 0 aliphatic carbocycles. The van der Waals surface area contributed by atoms with Crippen molar-refractivity contribution in [3.63, 3.8) is 0 Å². The number of unbranched alkanes of at least 4 members (excludes halogenated alkanes) is 1. The zero-order valence-electron chi connectivity index (χ0n) is 12.9. The number of pyridine rings is 1. The van der Waals surface area contributed by atoms with Crippen LogP contribution < -0.4 is 5.56 Å². The number of aromatic nitrogens is 1. The summed E-state index contributed by atoms with van der Waals surface area (Å²) in [6.45, 7) is 9.04. The Balaban J connectivity index is 3.20. The van der Waals surface area contributed by atoms with Gasteiger partial charge in [-0.1, -0.05) is 40.2 Å². The van der Waals surface area contributed by atoms with Crippen molar-refractivity contribution in [2.75, 3.05) is 0 Å². The van der Waals surface area contributed by atoms with Gasteiger partial charge in [-0.15, -0.1) is 0 Å². The number of carboxylic acids is 1. The number of carboxylic acid groups (broad SMARTS) is 1. The highest BCUT2D eigenvalue weighted by molar-refractivity contribution is 5.67. The monoisotopic (exact) mass is 279 g/mol. The summed E-state index contributed by atoms with van der Waals surface area (Å²) in [5.41, 5.74) is 1.47. The lowest BCUT2D eigenvalue weighted by molar-refractivity contribution is -0.136. The molecule has 4 nitrogen and oxygen atoms in total. The molecule has 1 heterocycles. The van der Waals surface area contributed by atoms with Crippen molar-refractivity contribution in [2.45, 2.75) is 65.3 Å². The first-order valence-electron chi connectivity index (χ1n) is 7.22. The van der Waals surface area contributed by atoms with Gasteiger partial charge >= 0.3 is 5.97 Å². The Morgan fingerprint density at radius 2 is 1.95 bits per heavy atom. The molecule has 0 atom stereocenters. The molecule has 0 radical (unpaired) electrons. The smallest absolute Gasteiger partial charge is 0.303 e. The second-order valence-corrected chi connectivity index (χ2v) is 6.20. The molecule has 0 bridgehead atoms. The molecule has 0 saturated carbocycles. The summed E-state index contributed by atoms with van der Waals surface area (Å²) < 4.78 is 1.82. The van der Waals surface area contributed by atoms with Gasteiger partial charge in [0, 0.05) is 29.6 Å². The maximum Gasteiger partial charge on any atom is 0.303 e. The summed E-state index contributed by atoms with van der Waals surface area (Å²) in [6, 6.07) is 3.75. The van der Waals surface area contributed by atoms with Crippen LogP contribution in [-0.4, -0.2) is 15.6 Å². The number of aliphatic carboxylic acids is 1. The van der Waals surface area contributed by atoms with E-state index in [2.05, 4.69) is 27.7 Å². The van der Waals surface area contributed by atoms with E-state index in [1.165, 1.54) is 0 Å². The zero-order valence-corrected chi connectivity index (χ0v) is 12.9. The Hall–Kier alpha value is -1.58. The van der Waals surface area contributed by atoms with Crippen LogP contribution in [0.4, 0.5) is 0 Å². The van der Waals surface area contributed by atoms with E-state index < -0.39 is 5.97 Å². The molecule has 1 aromatic heterocycles. The molecule has 0 fully saturated rings. The van der Waals surface area contributed by atoms with Gasteiger partial charge in [-0.05, 0) is 18.9 Å². The van der Waals surface area contributed by atoms with E-state index >= 15 is 0 Å². The lowest BCUT2D eigenvalue weighted by Gasteiger charge is -2.25. The van der Waals surface area contributed by atoms with Crippen LogP contribution in [0.2, 0.25) is 0 Å². The molecule has 0 aliphatic heterocycles. The Kier molecular flexibility index (Phi) is 5.54. The van der Waals surface area contributed by atoms with Crippen molar-refractivity contribution < 1.29 is 9.90 Å². The third kappa shape index (κ3) is 4.22. The maximum absolute atomic E-state index is 12.5. The van der Waals surface area contributed by atoms with Crippen molar-refractivity contribution >= 4 is 5.97 Å². The number of rotatable bonds is 6. The molecule has 1 rings (SSSR count). The van der Waals surface area contributed by atoms with Gasteiger partial charge < -0.3 is 9.67 Å². The van der Waals surface area contributed by atoms with Crippen molar-refractivity contribution in [1.29, 1.82) is 0 Å². The third-order valence-electron chi connectivity index (χ3n) is 3.36. The van der Waals surface area contributed by atoms with E-state index in [-0.39, 0.29) is 17.4 Å². The number of carbonyl (C=O) groups is 1. The first-order chi connectivity index (χ1) is 9.27. The summed E-state index contributed by atoms with van der Waals surface area (Å²) in [4.78, 5) is 23.2. The molecule has 4 heteroatoms. The largest absolute Gasteiger partial charge is 0.481 e. The normalized spacial score (nSPS) is 11.6. The number of hydrogen-bond acceptors (Lipinski definition) is 2. The van der Waals surface area contributed by atoms with Crippen LogP contribution >= 0.6 is 0 Å². The minimum absolute atomic E-state index is 0.00210. The van der Waals surface area contributed by atoms with Gasteiger partial charge in [0.05, 0.1) is 0 Å². The summed E-state index contributed by atoms with van der Waals surface area (Å²) in [5.74, 6) is -0.871. The van der Waals surface area contributed by atoms with E-state index in [0.29, 0.717) is 18.5 Å².